The molecule has 0 amide bonds. The molecule has 0 aromatic rings. The number of allylic oxidation sites excluding steroid dienone is 6. The largest absolute Gasteiger partial charge is 0.544 e. The summed E-state index contributed by atoms with van der Waals surface area (Å²) in [5.41, 5.74) is 0. The molecule has 0 aliphatic rings. The highest BCUT2D eigenvalue weighted by molar-refractivity contribution is 5.70. The summed E-state index contributed by atoms with van der Waals surface area (Å²) in [4.78, 5) is 36.7. The van der Waals surface area contributed by atoms with E-state index in [1.54, 1.807) is 21.1 Å². The molecule has 0 aromatic carbocycles. The molecular weight excluding hydrogens is 642 g/mol. The Labute approximate surface area is 313 Å². The summed E-state index contributed by atoms with van der Waals surface area (Å²) in [6.45, 7) is 4.57. The zero-order valence-corrected chi connectivity index (χ0v) is 33.5. The number of unbranched alkanes of at least 4 members (excludes halogenated alkanes) is 16. The van der Waals surface area contributed by atoms with Crippen LogP contribution in [0.3, 0.4) is 0 Å². The Morgan fingerprint density at radius 2 is 1.04 bits per heavy atom. The molecule has 0 saturated carbocycles. The average Bonchev–Trinajstić information content (AvgIpc) is 3.08. The Hall–Kier alpha value is -2.45. The molecule has 0 N–H and O–H groups in total. The van der Waals surface area contributed by atoms with Gasteiger partial charge >= 0.3 is 11.9 Å². The fourth-order valence-corrected chi connectivity index (χ4v) is 5.74. The smallest absolute Gasteiger partial charge is 0.306 e. The summed E-state index contributed by atoms with van der Waals surface area (Å²) in [6.07, 6.45) is 37.3. The molecule has 296 valence electrons. The van der Waals surface area contributed by atoms with Gasteiger partial charge < -0.3 is 28.6 Å². The average molecular weight is 720 g/mol. The molecule has 51 heavy (non-hydrogen) atoms. The van der Waals surface area contributed by atoms with Crippen molar-refractivity contribution in [2.45, 2.75) is 180 Å². The summed E-state index contributed by atoms with van der Waals surface area (Å²) in [7, 11) is 5.39. The highest BCUT2D eigenvalue weighted by atomic mass is 16.6. The minimum atomic E-state index is -1.13. The second-order valence-electron chi connectivity index (χ2n) is 14.9. The van der Waals surface area contributed by atoms with E-state index in [9.17, 15) is 19.5 Å². The van der Waals surface area contributed by atoms with Crippen LogP contribution >= 0.6 is 0 Å². The molecule has 0 heterocycles. The SMILES string of the molecule is CCCCC/C=C\C/C=C\CCCCCCCC(=O)OC(COCCC(C(=O)[O-])[N+](C)(C)C)COC(=O)CCCCCCC/C=C\CCCCC. The molecule has 2 atom stereocenters. The number of hydrogen-bond acceptors (Lipinski definition) is 7. The van der Waals surface area contributed by atoms with Crippen molar-refractivity contribution >= 4 is 17.9 Å². The number of ether oxygens (including phenoxy) is 3. The number of carboxylic acid groups (broad SMARTS) is 1. The molecule has 0 rings (SSSR count). The lowest BCUT2D eigenvalue weighted by molar-refractivity contribution is -0.889. The summed E-state index contributed by atoms with van der Waals surface area (Å²) in [5.74, 6) is -1.77. The highest BCUT2D eigenvalue weighted by Crippen LogP contribution is 2.13. The number of hydrogen-bond donors (Lipinski definition) is 0. The zero-order chi connectivity index (χ0) is 37.8. The lowest BCUT2D eigenvalue weighted by Crippen LogP contribution is -2.55. The lowest BCUT2D eigenvalue weighted by Gasteiger charge is -2.34. The van der Waals surface area contributed by atoms with E-state index in [0.717, 1.165) is 77.0 Å². The maximum atomic E-state index is 12.7. The van der Waals surface area contributed by atoms with Gasteiger partial charge in [0.05, 0.1) is 40.3 Å². The van der Waals surface area contributed by atoms with E-state index in [0.29, 0.717) is 12.8 Å². The van der Waals surface area contributed by atoms with Crippen LogP contribution in [0.25, 0.3) is 0 Å². The van der Waals surface area contributed by atoms with Crippen molar-refractivity contribution in [2.24, 2.45) is 0 Å². The molecule has 0 aliphatic carbocycles. The first-order chi connectivity index (χ1) is 24.6. The first kappa shape index (κ1) is 48.5. The van der Waals surface area contributed by atoms with Crippen molar-refractivity contribution < 1.29 is 38.2 Å². The van der Waals surface area contributed by atoms with Crippen LogP contribution in [0.2, 0.25) is 0 Å². The molecule has 0 radical (unpaired) electrons. The van der Waals surface area contributed by atoms with E-state index in [2.05, 4.69) is 50.3 Å². The topological polar surface area (TPSA) is 102 Å². The van der Waals surface area contributed by atoms with Gasteiger partial charge in [-0.2, -0.15) is 0 Å². The van der Waals surface area contributed by atoms with Gasteiger partial charge in [0.15, 0.2) is 6.10 Å². The first-order valence-electron chi connectivity index (χ1n) is 20.5. The fourth-order valence-electron chi connectivity index (χ4n) is 5.74. The number of likely N-dealkylation sites (N-methyl/N-ethyl adjacent to an activating group) is 1. The van der Waals surface area contributed by atoms with Crippen LogP contribution in [0, 0.1) is 0 Å². The van der Waals surface area contributed by atoms with Crippen LogP contribution in [-0.4, -0.2) is 75.5 Å². The number of quaternary nitrogens is 1. The van der Waals surface area contributed by atoms with Gasteiger partial charge in [-0.05, 0) is 70.6 Å². The molecule has 0 saturated heterocycles. The summed E-state index contributed by atoms with van der Waals surface area (Å²) >= 11 is 0. The maximum absolute atomic E-state index is 12.7. The van der Waals surface area contributed by atoms with Crippen LogP contribution in [0.1, 0.15) is 168 Å². The predicted octanol–water partition coefficient (Wildman–Crippen LogP) is 9.35. The van der Waals surface area contributed by atoms with E-state index in [-0.39, 0.29) is 42.7 Å². The second kappa shape index (κ2) is 34.6. The van der Waals surface area contributed by atoms with Crippen LogP contribution in [0.4, 0.5) is 0 Å². The van der Waals surface area contributed by atoms with Gasteiger partial charge in [-0.25, -0.2) is 0 Å². The number of rotatable bonds is 36. The predicted molar refractivity (Wildman–Crippen MR) is 208 cm³/mol. The number of carbonyl (C=O) groups is 3. The van der Waals surface area contributed by atoms with Crippen LogP contribution in [0.15, 0.2) is 36.5 Å². The quantitative estimate of drug-likeness (QED) is 0.0275. The van der Waals surface area contributed by atoms with Gasteiger partial charge in [0.25, 0.3) is 0 Å². The van der Waals surface area contributed by atoms with Crippen molar-refractivity contribution in [1.82, 2.24) is 0 Å². The molecule has 0 aromatic heterocycles. The van der Waals surface area contributed by atoms with Gasteiger partial charge in [-0.1, -0.05) is 115 Å². The van der Waals surface area contributed by atoms with Crippen molar-refractivity contribution in [3.05, 3.63) is 36.5 Å². The third-order valence-corrected chi connectivity index (χ3v) is 9.00. The maximum Gasteiger partial charge on any atom is 0.306 e. The fraction of sp³-hybridized carbons (Fsp3) is 0.791. The Balaban J connectivity index is 4.43. The van der Waals surface area contributed by atoms with Gasteiger partial charge in [-0.3, -0.25) is 9.59 Å². The van der Waals surface area contributed by atoms with E-state index in [4.69, 9.17) is 14.2 Å². The van der Waals surface area contributed by atoms with Crippen molar-refractivity contribution in [1.29, 1.82) is 0 Å². The molecule has 8 nitrogen and oxygen atoms in total. The Bertz CT molecular complexity index is 937. The summed E-state index contributed by atoms with van der Waals surface area (Å²) in [6, 6.07) is -0.728. The van der Waals surface area contributed by atoms with E-state index in [1.165, 1.54) is 57.8 Å². The number of carbonyl (C=O) groups excluding carboxylic acids is 3. The summed E-state index contributed by atoms with van der Waals surface area (Å²) < 4.78 is 17.1. The molecule has 0 spiro atoms. The van der Waals surface area contributed by atoms with Crippen LogP contribution < -0.4 is 5.11 Å². The van der Waals surface area contributed by atoms with Crippen molar-refractivity contribution in [3.8, 4) is 0 Å². The number of carboxylic acids is 1. The minimum absolute atomic E-state index is 0.0329. The highest BCUT2D eigenvalue weighted by Gasteiger charge is 2.25. The number of esters is 2. The van der Waals surface area contributed by atoms with E-state index < -0.39 is 18.1 Å². The molecule has 0 bridgehead atoms. The lowest BCUT2D eigenvalue weighted by atomic mass is 10.1. The Kier molecular flexibility index (Phi) is 33.0. The zero-order valence-electron chi connectivity index (χ0n) is 33.5. The van der Waals surface area contributed by atoms with Crippen molar-refractivity contribution in [3.63, 3.8) is 0 Å². The monoisotopic (exact) mass is 720 g/mol. The first-order valence-corrected chi connectivity index (χ1v) is 20.5. The van der Waals surface area contributed by atoms with Crippen LogP contribution in [-0.2, 0) is 28.6 Å². The summed E-state index contributed by atoms with van der Waals surface area (Å²) in [5, 5.41) is 11.6. The molecule has 0 aliphatic heterocycles. The molecule has 8 heteroatoms. The van der Waals surface area contributed by atoms with E-state index in [1.807, 2.05) is 0 Å². The third kappa shape index (κ3) is 33.2. The minimum Gasteiger partial charge on any atom is -0.544 e. The van der Waals surface area contributed by atoms with Gasteiger partial charge in [0.1, 0.15) is 12.6 Å². The van der Waals surface area contributed by atoms with Gasteiger partial charge in [-0.15, -0.1) is 0 Å². The standard InChI is InChI=1S/C43H77NO7/c1-6-8-10-12-14-16-18-20-21-22-24-26-28-30-32-34-42(46)51-39(37-49-36-35-40(43(47)48)44(3,4)5)38-50-41(45)33-31-29-27-25-23-19-17-15-13-11-9-7-2/h14-17,20-21,39-40H,6-13,18-19,22-38H2,1-5H3/b16-14-,17-15-,21-20-. The van der Waals surface area contributed by atoms with Gasteiger partial charge in [0, 0.05) is 19.3 Å². The van der Waals surface area contributed by atoms with Gasteiger partial charge in [0.2, 0.25) is 0 Å². The molecule has 0 fully saturated rings. The Morgan fingerprint density at radius 1 is 0.588 bits per heavy atom. The normalized spacial score (nSPS) is 13.4. The van der Waals surface area contributed by atoms with Crippen molar-refractivity contribution in [2.75, 3.05) is 41.0 Å². The number of nitrogens with zero attached hydrogens (tertiary/aromatic N) is 1. The molecule has 2 unspecified atom stereocenters. The van der Waals surface area contributed by atoms with Crippen LogP contribution in [0.5, 0.6) is 0 Å². The Morgan fingerprint density at radius 3 is 1.53 bits per heavy atom. The molecular formula is C43H77NO7. The van der Waals surface area contributed by atoms with E-state index >= 15 is 0 Å². The third-order valence-electron chi connectivity index (χ3n) is 9.00. The second-order valence-corrected chi connectivity index (χ2v) is 14.9. The number of aliphatic carboxylic acids is 1.